The standard InChI is InChI=1S/C32H30ClFN4O5.C28H28ClFN2O4/c33-25-10-11-27(34)26(16-25)24-8-6-21(7-9-24)14-23(15-29(39)28-18-35-37-36-28)17-32(30(40)41)12-13-38(20-32)31(42)43-19-22-4-2-1-3-5-22;29-22-10-11-25(30)24(15-22)21-8-6-19(7-9-21)14-23(31)16-28(26(33)34)12-13-32(18-28)27(35)36-17-20-4-2-1-3-5-20/h1-11,16,18,23H,12-15,17,19-20H2,(H,40,41)(H,35,36,37);1-11,15,23H,12-14,16-18,31H2,(H,33,34)/t23-,32?;23-,28?/m01/s1. The van der Waals surface area contributed by atoms with Crippen LogP contribution < -0.4 is 5.73 Å². The summed E-state index contributed by atoms with van der Waals surface area (Å²) < 4.78 is 39.4. The summed E-state index contributed by atoms with van der Waals surface area (Å²) in [4.78, 5) is 66.2. The summed E-state index contributed by atoms with van der Waals surface area (Å²) in [5.74, 6) is -3.42. The van der Waals surface area contributed by atoms with E-state index in [0.29, 0.717) is 58.1 Å². The number of aliphatic carboxylic acids is 2. The van der Waals surface area contributed by atoms with Gasteiger partial charge in [0.05, 0.1) is 17.0 Å². The number of carbonyl (C=O) groups excluding carboxylic acids is 3. The first-order valence-corrected chi connectivity index (χ1v) is 26.3. The van der Waals surface area contributed by atoms with Crippen LogP contribution in [0.2, 0.25) is 10.0 Å². The van der Waals surface area contributed by atoms with Gasteiger partial charge in [-0.05, 0) is 114 Å². The number of aromatic nitrogens is 3. The minimum atomic E-state index is -1.26. The van der Waals surface area contributed by atoms with Crippen LogP contribution >= 0.6 is 23.2 Å². The summed E-state index contributed by atoms with van der Waals surface area (Å²) in [7, 11) is 0. The van der Waals surface area contributed by atoms with Gasteiger partial charge >= 0.3 is 24.1 Å². The molecule has 4 atom stereocenters. The predicted molar refractivity (Wildman–Crippen MR) is 293 cm³/mol. The maximum Gasteiger partial charge on any atom is 0.410 e. The van der Waals surface area contributed by atoms with Gasteiger partial charge in [-0.25, -0.2) is 18.4 Å². The van der Waals surface area contributed by atoms with E-state index in [-0.39, 0.29) is 75.8 Å². The average Bonchev–Trinajstić information content (AvgIpc) is 4.45. The Bertz CT molecular complexity index is 3230. The van der Waals surface area contributed by atoms with Gasteiger partial charge in [-0.2, -0.15) is 15.4 Å². The molecule has 2 saturated heterocycles. The lowest BCUT2D eigenvalue weighted by Crippen LogP contribution is -2.42. The summed E-state index contributed by atoms with van der Waals surface area (Å²) in [5.41, 5.74) is 9.71. The zero-order chi connectivity index (χ0) is 56.1. The molecule has 7 aromatic rings. The van der Waals surface area contributed by atoms with Crippen LogP contribution in [0.3, 0.4) is 0 Å². The number of carbonyl (C=O) groups is 5. The van der Waals surface area contributed by atoms with Crippen molar-refractivity contribution in [3.8, 4) is 22.3 Å². The monoisotopic (exact) mass is 1110 g/mol. The lowest BCUT2D eigenvalue weighted by Gasteiger charge is -2.29. The van der Waals surface area contributed by atoms with E-state index in [9.17, 15) is 43.0 Å². The fourth-order valence-electron chi connectivity index (χ4n) is 10.3. The molecule has 2 amide bonds. The van der Waals surface area contributed by atoms with Crippen LogP contribution in [0.1, 0.15) is 64.8 Å². The molecule has 2 aliphatic rings. The van der Waals surface area contributed by atoms with Gasteiger partial charge in [-0.3, -0.25) is 14.4 Å². The number of nitrogens with one attached hydrogen (secondary N) is 1. The van der Waals surface area contributed by atoms with E-state index in [2.05, 4.69) is 15.4 Å². The fraction of sp³-hybridized carbons (Fsp3) is 0.283. The highest BCUT2D eigenvalue weighted by molar-refractivity contribution is 6.31. The van der Waals surface area contributed by atoms with Crippen molar-refractivity contribution in [2.45, 2.75) is 64.2 Å². The van der Waals surface area contributed by atoms with Gasteiger partial charge in [-0.15, -0.1) is 0 Å². The first-order chi connectivity index (χ1) is 38.0. The molecule has 19 heteroatoms. The number of carboxylic acids is 2. The molecule has 0 saturated carbocycles. The number of nitrogens with two attached hydrogens (primary N) is 1. The van der Waals surface area contributed by atoms with Crippen molar-refractivity contribution in [3.63, 3.8) is 0 Å². The van der Waals surface area contributed by atoms with Gasteiger partial charge in [0.25, 0.3) is 0 Å². The summed E-state index contributed by atoms with van der Waals surface area (Å²) in [5, 5.41) is 31.3. The predicted octanol–water partition coefficient (Wildman–Crippen LogP) is 11.7. The molecule has 3 heterocycles. The normalized spacial score (nSPS) is 17.5. The number of Topliss-reactive ketones (excluding diaryl/α,β-unsaturated/α-hetero) is 1. The molecule has 6 aromatic carbocycles. The van der Waals surface area contributed by atoms with Gasteiger partial charge in [0.1, 0.15) is 30.5 Å². The van der Waals surface area contributed by atoms with Crippen LogP contribution in [-0.2, 0) is 45.1 Å². The number of aromatic amines is 1. The number of hydrogen-bond acceptors (Lipinski definition) is 10. The number of benzene rings is 6. The fourth-order valence-corrected chi connectivity index (χ4v) is 10.6. The summed E-state index contributed by atoms with van der Waals surface area (Å²) >= 11 is 12.1. The Balaban J connectivity index is 0.000000211. The number of nitrogens with zero attached hydrogens (tertiary/aromatic N) is 4. The highest BCUT2D eigenvalue weighted by atomic mass is 35.5. The molecule has 9 rings (SSSR count). The van der Waals surface area contributed by atoms with E-state index in [1.807, 2.05) is 84.9 Å². The molecule has 2 fully saturated rings. The third-order valence-electron chi connectivity index (χ3n) is 14.5. The number of carboxylic acid groups (broad SMARTS) is 2. The third-order valence-corrected chi connectivity index (χ3v) is 14.9. The number of rotatable bonds is 19. The Morgan fingerprint density at radius 1 is 0.620 bits per heavy atom. The van der Waals surface area contributed by atoms with E-state index >= 15 is 0 Å². The van der Waals surface area contributed by atoms with Crippen molar-refractivity contribution in [2.75, 3.05) is 26.2 Å². The quantitative estimate of drug-likeness (QED) is 0.0556. The van der Waals surface area contributed by atoms with Gasteiger partial charge in [0.15, 0.2) is 5.78 Å². The van der Waals surface area contributed by atoms with Crippen molar-refractivity contribution in [2.24, 2.45) is 22.5 Å². The molecule has 0 radical (unpaired) electrons. The summed E-state index contributed by atoms with van der Waals surface area (Å²) in [6, 6.07) is 41.4. The van der Waals surface area contributed by atoms with Crippen LogP contribution in [-0.4, -0.2) is 97.6 Å². The van der Waals surface area contributed by atoms with E-state index in [1.54, 1.807) is 36.4 Å². The number of halogens is 4. The lowest BCUT2D eigenvalue weighted by molar-refractivity contribution is -0.150. The Morgan fingerprint density at radius 2 is 1.08 bits per heavy atom. The van der Waals surface area contributed by atoms with Crippen molar-refractivity contribution in [3.05, 3.63) is 201 Å². The van der Waals surface area contributed by atoms with Gasteiger partial charge in [0.2, 0.25) is 0 Å². The highest BCUT2D eigenvalue weighted by Crippen LogP contribution is 2.41. The highest BCUT2D eigenvalue weighted by Gasteiger charge is 2.49. The van der Waals surface area contributed by atoms with Crippen LogP contribution in [0, 0.1) is 28.4 Å². The molecule has 5 N–H and O–H groups in total. The van der Waals surface area contributed by atoms with Crippen molar-refractivity contribution in [1.82, 2.24) is 25.2 Å². The molecule has 410 valence electrons. The second kappa shape index (κ2) is 26.1. The second-order valence-corrected chi connectivity index (χ2v) is 21.0. The molecule has 2 aliphatic heterocycles. The molecule has 15 nitrogen and oxygen atoms in total. The number of H-pyrrole nitrogens is 1. The molecule has 0 bridgehead atoms. The minimum absolute atomic E-state index is 0.0302. The maximum absolute atomic E-state index is 14.4. The zero-order valence-electron chi connectivity index (χ0n) is 42.9. The van der Waals surface area contributed by atoms with Crippen molar-refractivity contribution < 1.29 is 52.4 Å². The number of likely N-dealkylation sites (tertiary alicyclic amines) is 2. The largest absolute Gasteiger partial charge is 0.481 e. The average molecular weight is 1120 g/mol. The number of hydrogen-bond donors (Lipinski definition) is 4. The maximum atomic E-state index is 14.4. The van der Waals surface area contributed by atoms with E-state index in [1.165, 1.54) is 40.3 Å². The third kappa shape index (κ3) is 15.0. The molecule has 1 aromatic heterocycles. The van der Waals surface area contributed by atoms with Gasteiger partial charge in [0, 0.05) is 59.8 Å². The second-order valence-electron chi connectivity index (χ2n) is 20.2. The Hall–Kier alpha value is -7.99. The van der Waals surface area contributed by atoms with Crippen LogP contribution in [0.4, 0.5) is 18.4 Å². The van der Waals surface area contributed by atoms with Gasteiger partial charge in [-0.1, -0.05) is 132 Å². The first-order valence-electron chi connectivity index (χ1n) is 25.6. The van der Waals surface area contributed by atoms with Crippen molar-refractivity contribution in [1.29, 1.82) is 0 Å². The van der Waals surface area contributed by atoms with Crippen molar-refractivity contribution >= 4 is 53.1 Å². The first kappa shape index (κ1) is 57.2. The minimum Gasteiger partial charge on any atom is -0.481 e. The molecule has 0 spiro atoms. The van der Waals surface area contributed by atoms with E-state index in [0.717, 1.165) is 22.3 Å². The Kier molecular flexibility index (Phi) is 18.9. The molecule has 2 unspecified atom stereocenters. The molecule has 0 aliphatic carbocycles. The van der Waals surface area contributed by atoms with Crippen LogP contribution in [0.5, 0.6) is 0 Å². The number of ether oxygens (including phenoxy) is 2. The molecular weight excluding hydrogens is 1060 g/mol. The zero-order valence-corrected chi connectivity index (χ0v) is 44.4. The van der Waals surface area contributed by atoms with Gasteiger partial charge < -0.3 is 35.2 Å². The molecular formula is C60H58Cl2F2N6O9. The Labute approximate surface area is 465 Å². The number of amides is 2. The Morgan fingerprint density at radius 3 is 1.52 bits per heavy atom. The summed E-state index contributed by atoms with van der Waals surface area (Å²) in [6.45, 7) is 0.759. The lowest BCUT2D eigenvalue weighted by atomic mass is 9.75. The smallest absolute Gasteiger partial charge is 0.410 e. The van der Waals surface area contributed by atoms with E-state index in [4.69, 9.17) is 38.4 Å². The summed E-state index contributed by atoms with van der Waals surface area (Å²) in [6.07, 6.45) is 2.00. The topological polar surface area (TPSA) is 218 Å². The number of ketones is 1. The van der Waals surface area contributed by atoms with Crippen LogP contribution in [0.25, 0.3) is 22.3 Å². The molecule has 79 heavy (non-hydrogen) atoms. The van der Waals surface area contributed by atoms with Crippen LogP contribution in [0.15, 0.2) is 152 Å². The SMILES string of the molecule is N[C@H](Cc1ccc(-c2cc(Cl)ccc2F)cc1)CC1(C(=O)O)CCN(C(=O)OCc2ccccc2)C1.O=C(C[C@H](Cc1ccc(-c2cc(Cl)ccc2F)cc1)CC1(C(=O)O)CCN(C(=O)OCc2ccccc2)C1)c1cn[nH]n1. The van der Waals surface area contributed by atoms with E-state index < -0.39 is 52.7 Å².